The van der Waals surface area contributed by atoms with Crippen molar-refractivity contribution in [2.75, 3.05) is 20.8 Å². The Labute approximate surface area is 128 Å². The lowest BCUT2D eigenvalue weighted by molar-refractivity contribution is -0.116. The number of nitrogens with one attached hydrogen (secondary N) is 1. The summed E-state index contributed by atoms with van der Waals surface area (Å²) in [5, 5.41) is 11.6. The highest BCUT2D eigenvalue weighted by Gasteiger charge is 2.13. The summed E-state index contributed by atoms with van der Waals surface area (Å²) in [6.07, 6.45) is 6.53. The van der Waals surface area contributed by atoms with Crippen molar-refractivity contribution in [3.8, 4) is 29.9 Å². The summed E-state index contributed by atoms with van der Waals surface area (Å²) in [7, 11) is 2.89. The van der Waals surface area contributed by atoms with Crippen LogP contribution in [0.4, 0.5) is 0 Å². The fourth-order valence-electron chi connectivity index (χ4n) is 1.53. The van der Waals surface area contributed by atoms with Crippen molar-refractivity contribution in [2.45, 2.75) is 0 Å². The summed E-state index contributed by atoms with van der Waals surface area (Å²) >= 11 is 6.10. The summed E-state index contributed by atoms with van der Waals surface area (Å²) in [6.45, 7) is 0.0486. The summed E-state index contributed by atoms with van der Waals surface area (Å²) in [5.74, 6) is 2.52. The van der Waals surface area contributed by atoms with Crippen LogP contribution in [0.25, 0.3) is 6.08 Å². The highest BCUT2D eigenvalue weighted by atomic mass is 35.5. The predicted octanol–water partition coefficient (Wildman–Crippen LogP) is 2.01. The zero-order chi connectivity index (χ0) is 15.8. The van der Waals surface area contributed by atoms with Crippen LogP contribution in [-0.4, -0.2) is 26.7 Å². The van der Waals surface area contributed by atoms with Gasteiger partial charge in [-0.15, -0.1) is 6.42 Å². The third-order valence-corrected chi connectivity index (χ3v) is 2.74. The van der Waals surface area contributed by atoms with E-state index in [1.54, 1.807) is 12.1 Å². The molecule has 0 aliphatic carbocycles. The molecule has 0 spiro atoms. The zero-order valence-electron chi connectivity index (χ0n) is 11.6. The van der Waals surface area contributed by atoms with Gasteiger partial charge in [0, 0.05) is 7.05 Å². The highest BCUT2D eigenvalue weighted by molar-refractivity contribution is 6.32. The second-order valence-electron chi connectivity index (χ2n) is 3.78. The van der Waals surface area contributed by atoms with E-state index in [-0.39, 0.29) is 17.2 Å². The third kappa shape index (κ3) is 4.17. The number of likely N-dealkylation sites (N-methyl/N-ethyl adjacent to an activating group) is 1. The van der Waals surface area contributed by atoms with E-state index >= 15 is 0 Å². The van der Waals surface area contributed by atoms with E-state index in [1.165, 1.54) is 20.2 Å². The Balaban J connectivity index is 3.26. The van der Waals surface area contributed by atoms with Crippen molar-refractivity contribution in [3.05, 3.63) is 28.3 Å². The van der Waals surface area contributed by atoms with E-state index in [0.717, 1.165) is 0 Å². The second kappa shape index (κ2) is 7.84. The molecule has 0 heterocycles. The van der Waals surface area contributed by atoms with Gasteiger partial charge in [-0.25, -0.2) is 0 Å². The number of carbonyl (C=O) groups is 1. The summed E-state index contributed by atoms with van der Waals surface area (Å²) in [6, 6.07) is 4.96. The molecule has 0 atom stereocenters. The van der Waals surface area contributed by atoms with E-state index in [4.69, 9.17) is 32.8 Å². The fraction of sp³-hybridized carbons (Fsp3) is 0.200. The molecule has 0 saturated heterocycles. The molecule has 21 heavy (non-hydrogen) atoms. The van der Waals surface area contributed by atoms with Crippen LogP contribution in [0.5, 0.6) is 11.5 Å². The van der Waals surface area contributed by atoms with Gasteiger partial charge in [0.2, 0.25) is 0 Å². The van der Waals surface area contributed by atoms with Gasteiger partial charge in [-0.1, -0.05) is 17.5 Å². The molecular weight excluding hydrogens is 292 g/mol. The number of halogens is 1. The van der Waals surface area contributed by atoms with Crippen molar-refractivity contribution in [2.24, 2.45) is 0 Å². The molecule has 0 radical (unpaired) electrons. The maximum atomic E-state index is 11.5. The average molecular weight is 305 g/mol. The third-order valence-electron chi connectivity index (χ3n) is 2.45. The largest absolute Gasteiger partial charge is 0.493 e. The monoisotopic (exact) mass is 304 g/mol. The lowest BCUT2D eigenvalue weighted by Gasteiger charge is -2.11. The number of carbonyl (C=O) groups excluding carboxylic acids is 1. The molecule has 0 aromatic heterocycles. The van der Waals surface area contributed by atoms with Crippen molar-refractivity contribution < 1.29 is 14.3 Å². The first-order chi connectivity index (χ1) is 10.1. The molecular formula is C15H13ClN2O3. The summed E-state index contributed by atoms with van der Waals surface area (Å²) in [5.41, 5.74) is 0.484. The van der Waals surface area contributed by atoms with Gasteiger partial charge in [-0.05, 0) is 23.8 Å². The molecule has 1 aromatic carbocycles. The van der Waals surface area contributed by atoms with Gasteiger partial charge in [0.1, 0.15) is 18.2 Å². The highest BCUT2D eigenvalue weighted by Crippen LogP contribution is 2.36. The molecule has 1 rings (SSSR count). The van der Waals surface area contributed by atoms with Gasteiger partial charge >= 0.3 is 0 Å². The number of hydrogen-bond acceptors (Lipinski definition) is 4. The first-order valence-corrected chi connectivity index (χ1v) is 6.22. The topological polar surface area (TPSA) is 71.3 Å². The second-order valence-corrected chi connectivity index (χ2v) is 4.18. The molecule has 6 heteroatoms. The molecule has 1 aromatic rings. The van der Waals surface area contributed by atoms with Crippen LogP contribution in [0.2, 0.25) is 5.02 Å². The molecule has 0 bridgehead atoms. The molecule has 1 amide bonds. The van der Waals surface area contributed by atoms with Gasteiger partial charge in [0.25, 0.3) is 5.91 Å². The van der Waals surface area contributed by atoms with Crippen LogP contribution in [-0.2, 0) is 4.79 Å². The van der Waals surface area contributed by atoms with E-state index in [9.17, 15) is 4.79 Å². The number of benzene rings is 1. The Hall–Kier alpha value is -2.63. The predicted molar refractivity (Wildman–Crippen MR) is 80.0 cm³/mol. The minimum Gasteiger partial charge on any atom is -0.493 e. The fourth-order valence-corrected chi connectivity index (χ4v) is 1.80. The number of amides is 1. The number of ether oxygens (including phenoxy) is 2. The molecule has 1 N–H and O–H groups in total. The molecule has 0 aliphatic heterocycles. The maximum Gasteiger partial charge on any atom is 0.261 e. The van der Waals surface area contributed by atoms with Gasteiger partial charge in [-0.3, -0.25) is 4.79 Å². The average Bonchev–Trinajstić information content (AvgIpc) is 2.50. The van der Waals surface area contributed by atoms with Gasteiger partial charge in [-0.2, -0.15) is 5.26 Å². The number of rotatable bonds is 5. The van der Waals surface area contributed by atoms with Gasteiger partial charge in [0.15, 0.2) is 11.5 Å². The van der Waals surface area contributed by atoms with Crippen molar-refractivity contribution >= 4 is 23.6 Å². The first kappa shape index (κ1) is 16.4. The normalized spacial score (nSPS) is 10.2. The smallest absolute Gasteiger partial charge is 0.261 e. The van der Waals surface area contributed by atoms with Crippen LogP contribution >= 0.6 is 11.6 Å². The summed E-state index contributed by atoms with van der Waals surface area (Å²) in [4.78, 5) is 11.5. The number of terminal acetylenes is 1. The lowest BCUT2D eigenvalue weighted by Crippen LogP contribution is -2.19. The molecule has 0 fully saturated rings. The van der Waals surface area contributed by atoms with Crippen LogP contribution in [0, 0.1) is 23.7 Å². The van der Waals surface area contributed by atoms with Crippen molar-refractivity contribution in [3.63, 3.8) is 0 Å². The molecule has 108 valence electrons. The quantitative estimate of drug-likeness (QED) is 0.513. The maximum absolute atomic E-state index is 11.5. The molecule has 0 aliphatic rings. The van der Waals surface area contributed by atoms with Crippen LogP contribution < -0.4 is 14.8 Å². The first-order valence-electron chi connectivity index (χ1n) is 5.85. The van der Waals surface area contributed by atoms with Crippen molar-refractivity contribution in [1.29, 1.82) is 5.26 Å². The number of hydrogen-bond donors (Lipinski definition) is 1. The van der Waals surface area contributed by atoms with E-state index in [2.05, 4.69) is 11.2 Å². The molecule has 5 nitrogen and oxygen atoms in total. The molecule has 0 saturated carbocycles. The van der Waals surface area contributed by atoms with Crippen molar-refractivity contribution in [1.82, 2.24) is 5.32 Å². The van der Waals surface area contributed by atoms with Crippen LogP contribution in [0.1, 0.15) is 5.56 Å². The van der Waals surface area contributed by atoms with Gasteiger partial charge < -0.3 is 14.8 Å². The minimum atomic E-state index is -0.486. The van der Waals surface area contributed by atoms with E-state index < -0.39 is 5.91 Å². The Morgan fingerprint density at radius 1 is 1.57 bits per heavy atom. The lowest BCUT2D eigenvalue weighted by atomic mass is 10.1. The standard InChI is InChI=1S/C15H13ClN2O3/c1-4-5-21-14-12(16)7-10(8-13(14)20-3)6-11(9-17)15(19)18-2/h1,6-8H,5H2,2-3H3,(H,18,19)/b11-6+. The number of nitrogens with zero attached hydrogens (tertiary/aromatic N) is 1. The number of methoxy groups -OCH3 is 1. The SMILES string of the molecule is C#CCOc1c(Cl)cc(/C=C(\C#N)C(=O)NC)cc1OC. The minimum absolute atomic E-state index is 0.0482. The van der Waals surface area contributed by atoms with Crippen LogP contribution in [0.15, 0.2) is 17.7 Å². The van der Waals surface area contributed by atoms with E-state index in [0.29, 0.717) is 17.1 Å². The Bertz CT molecular complexity index is 654. The number of nitriles is 1. The molecule has 0 unspecified atom stereocenters. The van der Waals surface area contributed by atoms with Crippen LogP contribution in [0.3, 0.4) is 0 Å². The Kier molecular flexibility index (Phi) is 6.13. The van der Waals surface area contributed by atoms with Gasteiger partial charge in [0.05, 0.1) is 12.1 Å². The Morgan fingerprint density at radius 2 is 2.29 bits per heavy atom. The zero-order valence-corrected chi connectivity index (χ0v) is 12.3. The Morgan fingerprint density at radius 3 is 2.81 bits per heavy atom. The van der Waals surface area contributed by atoms with E-state index in [1.807, 2.05) is 6.07 Å². The summed E-state index contributed by atoms with van der Waals surface area (Å²) < 4.78 is 10.5.